The Hall–Kier alpha value is -3.61. The molecule has 0 atom stereocenters. The van der Waals surface area contributed by atoms with Gasteiger partial charge in [0.05, 0.1) is 17.6 Å². The van der Waals surface area contributed by atoms with Gasteiger partial charge in [0.1, 0.15) is 12.4 Å². The van der Waals surface area contributed by atoms with Crippen LogP contribution in [0, 0.1) is 0 Å². The van der Waals surface area contributed by atoms with Crippen molar-refractivity contribution in [3.63, 3.8) is 0 Å². The summed E-state index contributed by atoms with van der Waals surface area (Å²) >= 11 is 0. The zero-order valence-electron chi connectivity index (χ0n) is 14.0. The molecule has 26 heavy (non-hydrogen) atoms. The van der Waals surface area contributed by atoms with Crippen LogP contribution in [0.15, 0.2) is 71.3 Å². The Labute approximate surface area is 150 Å². The quantitative estimate of drug-likeness (QED) is 0.439. The van der Waals surface area contributed by atoms with Gasteiger partial charge in [0, 0.05) is 18.3 Å². The fourth-order valence-corrected chi connectivity index (χ4v) is 2.23. The van der Waals surface area contributed by atoms with E-state index in [1.54, 1.807) is 30.3 Å². The van der Waals surface area contributed by atoms with Crippen LogP contribution in [-0.4, -0.2) is 19.2 Å². The van der Waals surface area contributed by atoms with Gasteiger partial charge >= 0.3 is 6.09 Å². The molecule has 0 radical (unpaired) electrons. The lowest BCUT2D eigenvalue weighted by atomic mass is 10.2. The maximum Gasteiger partial charge on any atom is 0.419 e. The Morgan fingerprint density at radius 3 is 2.65 bits per heavy atom. The fourth-order valence-electron chi connectivity index (χ4n) is 2.23. The lowest BCUT2D eigenvalue weighted by Gasteiger charge is -2.12. The van der Waals surface area contributed by atoms with Crippen LogP contribution in [0.4, 0.5) is 21.9 Å². The molecule has 0 saturated heterocycles. The number of hydrogen-bond donors (Lipinski definition) is 3. The van der Waals surface area contributed by atoms with Gasteiger partial charge in [-0.1, -0.05) is 18.2 Å². The highest BCUT2D eigenvalue weighted by molar-refractivity contribution is 5.87. The molecule has 0 unspecified atom stereocenters. The van der Waals surface area contributed by atoms with E-state index < -0.39 is 6.09 Å². The number of carbonyl (C=O) groups is 1. The van der Waals surface area contributed by atoms with E-state index in [-0.39, 0.29) is 5.95 Å². The lowest BCUT2D eigenvalue weighted by molar-refractivity contribution is 0.202. The standard InChI is InChI=1S/C19H19N3O4/c20-16-13-14(22-19(23)26-18-7-4-11-25-18)8-9-17(16)21-10-12-24-15-5-2-1-3-6-15/h1-9,11,13,21H,10,12,20H2,(H,22,23). The number of hydrogen-bond acceptors (Lipinski definition) is 6. The highest BCUT2D eigenvalue weighted by Crippen LogP contribution is 2.23. The predicted octanol–water partition coefficient (Wildman–Crippen LogP) is 3.96. The number of rotatable bonds is 7. The smallest absolute Gasteiger partial charge is 0.419 e. The molecule has 4 N–H and O–H groups in total. The summed E-state index contributed by atoms with van der Waals surface area (Å²) in [5, 5.41) is 5.77. The predicted molar refractivity (Wildman–Crippen MR) is 99.6 cm³/mol. The van der Waals surface area contributed by atoms with Crippen LogP contribution in [0.25, 0.3) is 0 Å². The first-order chi connectivity index (χ1) is 12.7. The lowest BCUT2D eigenvalue weighted by Crippen LogP contribution is -2.17. The number of nitrogens with one attached hydrogen (secondary N) is 2. The Morgan fingerprint density at radius 1 is 1.08 bits per heavy atom. The van der Waals surface area contributed by atoms with Crippen LogP contribution in [-0.2, 0) is 0 Å². The number of benzene rings is 2. The first kappa shape index (κ1) is 17.2. The molecule has 1 heterocycles. The van der Waals surface area contributed by atoms with E-state index >= 15 is 0 Å². The highest BCUT2D eigenvalue weighted by atomic mass is 16.6. The van der Waals surface area contributed by atoms with Crippen LogP contribution >= 0.6 is 0 Å². The van der Waals surface area contributed by atoms with Gasteiger partial charge in [0.15, 0.2) is 0 Å². The van der Waals surface area contributed by atoms with Gasteiger partial charge in [0.25, 0.3) is 5.95 Å². The molecule has 0 spiro atoms. The van der Waals surface area contributed by atoms with Crippen molar-refractivity contribution in [2.24, 2.45) is 0 Å². The summed E-state index contributed by atoms with van der Waals surface area (Å²) in [6, 6.07) is 17.9. The molecule has 0 bridgehead atoms. The molecule has 3 aromatic rings. The molecular formula is C19H19N3O4. The molecule has 134 valence electrons. The van der Waals surface area contributed by atoms with Crippen molar-refractivity contribution in [3.8, 4) is 11.7 Å². The summed E-state index contributed by atoms with van der Waals surface area (Å²) in [6.45, 7) is 1.09. The minimum absolute atomic E-state index is 0.118. The second-order valence-corrected chi connectivity index (χ2v) is 5.34. The number of anilines is 3. The summed E-state index contributed by atoms with van der Waals surface area (Å²) < 4.78 is 15.5. The molecule has 1 aromatic heterocycles. The van der Waals surface area contributed by atoms with Crippen molar-refractivity contribution in [2.45, 2.75) is 0 Å². The maximum absolute atomic E-state index is 11.8. The number of amides is 1. The van der Waals surface area contributed by atoms with Crippen LogP contribution in [0.1, 0.15) is 0 Å². The minimum Gasteiger partial charge on any atom is -0.492 e. The molecule has 0 fully saturated rings. The van der Waals surface area contributed by atoms with Crippen molar-refractivity contribution < 1.29 is 18.7 Å². The molecule has 0 aliphatic carbocycles. The topological polar surface area (TPSA) is 98.8 Å². The molecule has 0 aliphatic rings. The van der Waals surface area contributed by atoms with Gasteiger partial charge < -0.3 is 24.9 Å². The Morgan fingerprint density at radius 2 is 1.92 bits per heavy atom. The van der Waals surface area contributed by atoms with E-state index in [0.29, 0.717) is 24.5 Å². The molecule has 7 heteroatoms. The van der Waals surface area contributed by atoms with E-state index in [0.717, 1.165) is 11.4 Å². The Kier molecular flexibility index (Phi) is 5.61. The van der Waals surface area contributed by atoms with E-state index in [4.69, 9.17) is 19.6 Å². The van der Waals surface area contributed by atoms with E-state index in [1.807, 2.05) is 30.3 Å². The van der Waals surface area contributed by atoms with Crippen molar-refractivity contribution in [1.29, 1.82) is 0 Å². The van der Waals surface area contributed by atoms with Crippen molar-refractivity contribution in [2.75, 3.05) is 29.5 Å². The monoisotopic (exact) mass is 353 g/mol. The van der Waals surface area contributed by atoms with Crippen molar-refractivity contribution >= 4 is 23.2 Å². The third kappa shape index (κ3) is 4.94. The third-order valence-corrected chi connectivity index (χ3v) is 3.42. The number of nitrogens with two attached hydrogens (primary N) is 1. The number of furan rings is 1. The summed E-state index contributed by atoms with van der Waals surface area (Å²) in [6.07, 6.45) is 0.763. The third-order valence-electron chi connectivity index (χ3n) is 3.42. The number of para-hydroxylation sites is 1. The van der Waals surface area contributed by atoms with Crippen molar-refractivity contribution in [1.82, 2.24) is 0 Å². The molecule has 2 aromatic carbocycles. The number of carbonyl (C=O) groups excluding carboxylic acids is 1. The maximum atomic E-state index is 11.8. The van der Waals surface area contributed by atoms with Crippen molar-refractivity contribution in [3.05, 3.63) is 66.9 Å². The van der Waals surface area contributed by atoms with Crippen LogP contribution in [0.3, 0.4) is 0 Å². The second-order valence-electron chi connectivity index (χ2n) is 5.34. The minimum atomic E-state index is -0.656. The average molecular weight is 353 g/mol. The molecule has 0 aliphatic heterocycles. The molecular weight excluding hydrogens is 334 g/mol. The molecule has 0 saturated carbocycles. The Balaban J connectivity index is 1.47. The summed E-state index contributed by atoms with van der Waals surface area (Å²) in [5.74, 6) is 0.934. The van der Waals surface area contributed by atoms with Gasteiger partial charge in [-0.05, 0) is 36.4 Å². The first-order valence-electron chi connectivity index (χ1n) is 8.04. The van der Waals surface area contributed by atoms with Crippen LogP contribution < -0.4 is 25.8 Å². The largest absolute Gasteiger partial charge is 0.492 e. The normalized spacial score (nSPS) is 10.2. The van der Waals surface area contributed by atoms with Crippen LogP contribution in [0.2, 0.25) is 0 Å². The van der Waals surface area contributed by atoms with Gasteiger partial charge in [0.2, 0.25) is 0 Å². The van der Waals surface area contributed by atoms with Gasteiger partial charge in [-0.25, -0.2) is 4.79 Å². The van der Waals surface area contributed by atoms with E-state index in [2.05, 4.69) is 10.6 Å². The molecule has 7 nitrogen and oxygen atoms in total. The zero-order chi connectivity index (χ0) is 18.2. The molecule has 1 amide bonds. The Bertz CT molecular complexity index is 835. The van der Waals surface area contributed by atoms with Gasteiger partial charge in [-0.15, -0.1) is 0 Å². The number of ether oxygens (including phenoxy) is 2. The molecule has 3 rings (SSSR count). The van der Waals surface area contributed by atoms with E-state index in [9.17, 15) is 4.79 Å². The van der Waals surface area contributed by atoms with Gasteiger partial charge in [-0.3, -0.25) is 5.32 Å². The van der Waals surface area contributed by atoms with Gasteiger partial charge in [-0.2, -0.15) is 0 Å². The summed E-state index contributed by atoms with van der Waals surface area (Å²) in [4.78, 5) is 11.8. The fraction of sp³-hybridized carbons (Fsp3) is 0.105. The first-order valence-corrected chi connectivity index (χ1v) is 8.04. The second kappa shape index (κ2) is 8.48. The zero-order valence-corrected chi connectivity index (χ0v) is 14.0. The highest BCUT2D eigenvalue weighted by Gasteiger charge is 2.08. The van der Waals surface area contributed by atoms with Crippen LogP contribution in [0.5, 0.6) is 11.7 Å². The SMILES string of the molecule is Nc1cc(NC(=O)Oc2ccco2)ccc1NCCOc1ccccc1. The summed E-state index contributed by atoms with van der Waals surface area (Å²) in [7, 11) is 0. The average Bonchev–Trinajstić information content (AvgIpc) is 3.14. The summed E-state index contributed by atoms with van der Waals surface area (Å²) in [5.41, 5.74) is 7.79. The van der Waals surface area contributed by atoms with E-state index in [1.165, 1.54) is 6.26 Å². The number of nitrogen functional groups attached to an aromatic ring is 1.